The van der Waals surface area contributed by atoms with Crippen molar-refractivity contribution in [3.8, 4) is 0 Å². The first-order chi connectivity index (χ1) is 3.12. The van der Waals surface area contributed by atoms with Gasteiger partial charge in [0.2, 0.25) is 0 Å². The van der Waals surface area contributed by atoms with Crippen molar-refractivity contribution in [1.82, 2.24) is 0 Å². The summed E-state index contributed by atoms with van der Waals surface area (Å²) in [4.78, 5) is 6.16. The van der Waals surface area contributed by atoms with Crippen molar-refractivity contribution in [1.29, 1.82) is 0 Å². The minimum atomic E-state index is -1.31. The van der Waals surface area contributed by atoms with Gasteiger partial charge < -0.3 is 0 Å². The highest BCUT2D eigenvalue weighted by molar-refractivity contribution is 3.44. The van der Waals surface area contributed by atoms with E-state index in [1.165, 1.54) is 0 Å². The van der Waals surface area contributed by atoms with Gasteiger partial charge in [0.25, 0.3) is 0 Å². The van der Waals surface area contributed by atoms with Crippen molar-refractivity contribution in [2.24, 2.45) is 11.8 Å². The van der Waals surface area contributed by atoms with Crippen LogP contribution in [0.4, 0.5) is 0 Å². The number of nitrogens with two attached hydrogens (primary N) is 2. The molecule has 0 unspecified atom stereocenters. The number of nitrogens with zero attached hydrogens (tertiary/aromatic N) is 1. The Morgan fingerprint density at radius 3 is 1.71 bits per heavy atom. The number of hydroxylamine groups is 3. The number of rotatable bonds is 2. The zero-order chi connectivity index (χ0) is 5.91. The van der Waals surface area contributed by atoms with Gasteiger partial charge in [-0.1, -0.05) is 0 Å². The molecule has 44 valence electrons. The summed E-state index contributed by atoms with van der Waals surface area (Å²) in [7, 11) is 1.10. The maximum Gasteiger partial charge on any atom is 0.172 e. The predicted molar refractivity (Wildman–Crippen MR) is 18.5 cm³/mol. The van der Waals surface area contributed by atoms with Crippen LogP contribution in [0, 0.1) is 0 Å². The van der Waals surface area contributed by atoms with Crippen LogP contribution in [0.15, 0.2) is 0 Å². The first kappa shape index (κ1) is 6.76. The first-order valence-electron chi connectivity index (χ1n) is 1.48. The highest BCUT2D eigenvalue weighted by Crippen LogP contribution is 1.87. The van der Waals surface area contributed by atoms with Gasteiger partial charge in [0.15, 0.2) is 7.05 Å². The Hall–Kier alpha value is -0.240. The standard InChI is InChI=1S/CH8N3O3/c1-4(5,6-2)7-3/h5H,2-3H2,1H3/q+1. The fourth-order valence-electron chi connectivity index (χ4n) is 0.0248. The van der Waals surface area contributed by atoms with Gasteiger partial charge in [0, 0.05) is 0 Å². The van der Waals surface area contributed by atoms with Gasteiger partial charge in [-0.05, 0) is 9.88 Å². The maximum atomic E-state index is 8.38. The number of hydrogen-bond donors (Lipinski definition) is 3. The third-order valence-corrected chi connectivity index (χ3v) is 0.391. The van der Waals surface area contributed by atoms with Gasteiger partial charge in [0.1, 0.15) is 4.97 Å². The molecule has 0 spiro atoms. The Labute approximate surface area is 40.2 Å². The molecule has 0 rings (SSSR count). The van der Waals surface area contributed by atoms with Crippen molar-refractivity contribution < 1.29 is 20.1 Å². The summed E-state index contributed by atoms with van der Waals surface area (Å²) in [5.41, 5.74) is 0. The van der Waals surface area contributed by atoms with Crippen LogP contribution >= 0.6 is 0 Å². The van der Waals surface area contributed by atoms with E-state index in [2.05, 4.69) is 21.7 Å². The van der Waals surface area contributed by atoms with Gasteiger partial charge in [-0.2, -0.15) is 11.8 Å². The van der Waals surface area contributed by atoms with Crippen LogP contribution in [0.3, 0.4) is 0 Å². The predicted octanol–water partition coefficient (Wildman–Crippen LogP) is -1.57. The molecule has 0 aliphatic rings. The van der Waals surface area contributed by atoms with Gasteiger partial charge in [0.05, 0.1) is 0 Å². The Bertz CT molecular complexity index is 48.1. The summed E-state index contributed by atoms with van der Waals surface area (Å²) in [5, 5.41) is 8.38. The molecule has 0 heterocycles. The lowest BCUT2D eigenvalue weighted by molar-refractivity contribution is -1.36. The van der Waals surface area contributed by atoms with Crippen LogP contribution in [0.5, 0.6) is 0 Å². The molecular weight excluding hydrogens is 102 g/mol. The van der Waals surface area contributed by atoms with Gasteiger partial charge in [-0.15, -0.1) is 5.21 Å². The maximum absolute atomic E-state index is 8.38. The third kappa shape index (κ3) is 2.45. The molecule has 0 aromatic rings. The lowest BCUT2D eigenvalue weighted by atomic mass is 11.5. The zero-order valence-electron chi connectivity index (χ0n) is 3.87. The summed E-state index contributed by atoms with van der Waals surface area (Å²) >= 11 is 0. The lowest BCUT2D eigenvalue weighted by Gasteiger charge is -2.10. The molecular formula is CH8N3O3+. The van der Waals surface area contributed by atoms with Crippen molar-refractivity contribution in [3.05, 3.63) is 0 Å². The van der Waals surface area contributed by atoms with E-state index in [1.54, 1.807) is 0 Å². The summed E-state index contributed by atoms with van der Waals surface area (Å²) in [6.07, 6.45) is 0. The van der Waals surface area contributed by atoms with E-state index in [9.17, 15) is 0 Å². The van der Waals surface area contributed by atoms with E-state index >= 15 is 0 Å². The van der Waals surface area contributed by atoms with Crippen molar-refractivity contribution >= 4 is 0 Å². The number of hydrogen-bond acceptors (Lipinski definition) is 5. The fraction of sp³-hybridized carbons (Fsp3) is 1.00. The van der Waals surface area contributed by atoms with Crippen LogP contribution in [-0.2, 0) is 9.88 Å². The molecule has 0 radical (unpaired) electrons. The van der Waals surface area contributed by atoms with Crippen LogP contribution in [0.2, 0.25) is 0 Å². The first-order valence-corrected chi connectivity index (χ1v) is 1.48. The molecule has 0 aromatic carbocycles. The smallest absolute Gasteiger partial charge is 0.153 e. The second-order valence-electron chi connectivity index (χ2n) is 1.01. The minimum absolute atomic E-state index is 1.10. The van der Waals surface area contributed by atoms with Gasteiger partial charge >= 0.3 is 0 Å². The largest absolute Gasteiger partial charge is 0.172 e. The normalized spacial score (nSPS) is 12.0. The van der Waals surface area contributed by atoms with Crippen molar-refractivity contribution in [2.45, 2.75) is 0 Å². The minimum Gasteiger partial charge on any atom is -0.153 e. The number of quaternary nitrogens is 1. The summed E-state index contributed by atoms with van der Waals surface area (Å²) in [6, 6.07) is 0. The second kappa shape index (κ2) is 2.17. The Morgan fingerprint density at radius 2 is 1.71 bits per heavy atom. The monoisotopic (exact) mass is 110 g/mol. The highest BCUT2D eigenvalue weighted by Gasteiger charge is 2.18. The average Bonchev–Trinajstić information content (AvgIpc) is 1.68. The fourth-order valence-corrected chi connectivity index (χ4v) is 0.0248. The van der Waals surface area contributed by atoms with Crippen molar-refractivity contribution in [3.63, 3.8) is 0 Å². The molecule has 0 saturated heterocycles. The van der Waals surface area contributed by atoms with E-state index in [-0.39, 0.29) is 0 Å². The molecule has 6 heteroatoms. The topological polar surface area (TPSA) is 90.7 Å². The summed E-state index contributed by atoms with van der Waals surface area (Å²) in [5.74, 6) is 8.87. The van der Waals surface area contributed by atoms with E-state index in [1.807, 2.05) is 0 Å². The molecule has 0 fully saturated rings. The quantitative estimate of drug-likeness (QED) is 0.295. The van der Waals surface area contributed by atoms with E-state index in [4.69, 9.17) is 5.21 Å². The Kier molecular flexibility index (Phi) is 2.09. The van der Waals surface area contributed by atoms with E-state index in [0.29, 0.717) is 0 Å². The van der Waals surface area contributed by atoms with Crippen LogP contribution in [-0.4, -0.2) is 17.2 Å². The SMILES string of the molecule is C[N+](O)(ON)ON. The molecule has 0 aromatic heterocycles. The molecule has 0 atom stereocenters. The van der Waals surface area contributed by atoms with Crippen molar-refractivity contribution in [2.75, 3.05) is 7.05 Å². The van der Waals surface area contributed by atoms with Gasteiger partial charge in [-0.3, -0.25) is 0 Å². The second-order valence-corrected chi connectivity index (χ2v) is 1.01. The zero-order valence-corrected chi connectivity index (χ0v) is 3.87. The molecule has 0 aliphatic heterocycles. The summed E-state index contributed by atoms with van der Waals surface area (Å²) < 4.78 is 0. The molecule has 0 bridgehead atoms. The van der Waals surface area contributed by atoms with Gasteiger partial charge in [-0.25, -0.2) is 0 Å². The lowest BCUT2D eigenvalue weighted by Crippen LogP contribution is -2.44. The molecule has 7 heavy (non-hydrogen) atoms. The van der Waals surface area contributed by atoms with Crippen LogP contribution in [0.1, 0.15) is 0 Å². The Morgan fingerprint density at radius 1 is 1.43 bits per heavy atom. The molecule has 0 aliphatic carbocycles. The van der Waals surface area contributed by atoms with Crippen LogP contribution < -0.4 is 11.8 Å². The molecule has 0 saturated carbocycles. The molecule has 5 N–H and O–H groups in total. The summed E-state index contributed by atoms with van der Waals surface area (Å²) in [6.45, 7) is 0. The third-order valence-electron chi connectivity index (χ3n) is 0.391. The van der Waals surface area contributed by atoms with E-state index in [0.717, 1.165) is 7.05 Å². The molecule has 6 nitrogen and oxygen atoms in total. The van der Waals surface area contributed by atoms with Crippen LogP contribution in [0.25, 0.3) is 0 Å². The Balaban J connectivity index is 3.36. The van der Waals surface area contributed by atoms with E-state index < -0.39 is 4.97 Å². The highest BCUT2D eigenvalue weighted by atomic mass is 17.2. The molecule has 0 amide bonds. The average molecular weight is 110 g/mol.